The van der Waals surface area contributed by atoms with E-state index < -0.39 is 23.6 Å². The summed E-state index contributed by atoms with van der Waals surface area (Å²) in [5, 5.41) is 3.16. The summed E-state index contributed by atoms with van der Waals surface area (Å²) in [6.07, 6.45) is 0.279. The van der Waals surface area contributed by atoms with Crippen LogP contribution in [0, 0.1) is 11.7 Å². The molecular weight excluding hydrogens is 282 g/mol. The van der Waals surface area contributed by atoms with Crippen molar-refractivity contribution in [2.45, 2.75) is 51.2 Å². The first-order valence-corrected chi connectivity index (χ1v) is 7.51. The van der Waals surface area contributed by atoms with Gasteiger partial charge in [0.25, 0.3) is 0 Å². The van der Waals surface area contributed by atoms with E-state index in [1.165, 1.54) is 0 Å². The third kappa shape index (κ3) is 4.19. The van der Waals surface area contributed by atoms with E-state index in [2.05, 4.69) is 5.32 Å². The molecule has 0 saturated heterocycles. The standard InChI is InChI=1S/C16H21F4N/c1-2-8-21-15(9-11-4-3-5-11)13-10-12(17)6-7-14(13)16(18,19)20/h6-7,10-11,15,21H,2-5,8-9H2,1H3. The number of nitrogens with one attached hydrogen (secondary N) is 1. The Morgan fingerprint density at radius 2 is 2.00 bits per heavy atom. The Hall–Kier alpha value is -1.10. The summed E-state index contributed by atoms with van der Waals surface area (Å²) in [6, 6.07) is 2.34. The molecule has 1 aromatic carbocycles. The lowest BCUT2D eigenvalue weighted by atomic mass is 9.79. The second-order valence-corrected chi connectivity index (χ2v) is 5.77. The van der Waals surface area contributed by atoms with Crippen molar-refractivity contribution in [2.24, 2.45) is 5.92 Å². The van der Waals surface area contributed by atoms with Crippen LogP contribution in [0.1, 0.15) is 56.2 Å². The van der Waals surface area contributed by atoms with E-state index >= 15 is 0 Å². The van der Waals surface area contributed by atoms with Crippen molar-refractivity contribution in [1.29, 1.82) is 0 Å². The van der Waals surface area contributed by atoms with Crippen LogP contribution in [0.25, 0.3) is 0 Å². The molecule has 1 aliphatic rings. The molecule has 1 atom stereocenters. The molecule has 21 heavy (non-hydrogen) atoms. The minimum absolute atomic E-state index is 0.0443. The summed E-state index contributed by atoms with van der Waals surface area (Å²) in [4.78, 5) is 0. The molecule has 1 fully saturated rings. The number of rotatable bonds is 6. The van der Waals surface area contributed by atoms with Gasteiger partial charge in [-0.05, 0) is 49.1 Å². The maximum Gasteiger partial charge on any atom is 0.416 e. The van der Waals surface area contributed by atoms with Crippen molar-refractivity contribution in [2.75, 3.05) is 6.54 Å². The van der Waals surface area contributed by atoms with E-state index in [1.807, 2.05) is 6.92 Å². The number of alkyl halides is 3. The first kappa shape index (κ1) is 16.3. The second-order valence-electron chi connectivity index (χ2n) is 5.77. The minimum Gasteiger partial charge on any atom is -0.310 e. The zero-order chi connectivity index (χ0) is 15.5. The summed E-state index contributed by atoms with van der Waals surface area (Å²) < 4.78 is 52.9. The topological polar surface area (TPSA) is 12.0 Å². The zero-order valence-electron chi connectivity index (χ0n) is 12.1. The van der Waals surface area contributed by atoms with Crippen LogP contribution in [0.15, 0.2) is 18.2 Å². The van der Waals surface area contributed by atoms with Gasteiger partial charge in [0, 0.05) is 6.04 Å². The third-order valence-electron chi connectivity index (χ3n) is 4.13. The summed E-state index contributed by atoms with van der Waals surface area (Å²) in [6.45, 7) is 2.59. The quantitative estimate of drug-likeness (QED) is 0.723. The maximum atomic E-state index is 13.5. The molecule has 1 saturated carbocycles. The van der Waals surface area contributed by atoms with Gasteiger partial charge in [-0.25, -0.2) is 4.39 Å². The van der Waals surface area contributed by atoms with Gasteiger partial charge in [-0.3, -0.25) is 0 Å². The van der Waals surface area contributed by atoms with Crippen LogP contribution >= 0.6 is 0 Å². The number of halogens is 4. The number of hydrogen-bond donors (Lipinski definition) is 1. The van der Waals surface area contributed by atoms with Crippen molar-refractivity contribution >= 4 is 0 Å². The van der Waals surface area contributed by atoms with E-state index in [9.17, 15) is 17.6 Å². The van der Waals surface area contributed by atoms with Crippen molar-refractivity contribution in [1.82, 2.24) is 5.32 Å². The van der Waals surface area contributed by atoms with Crippen molar-refractivity contribution in [3.05, 3.63) is 35.1 Å². The van der Waals surface area contributed by atoms with Gasteiger partial charge in [0.15, 0.2) is 0 Å². The smallest absolute Gasteiger partial charge is 0.310 e. The fraction of sp³-hybridized carbons (Fsp3) is 0.625. The van der Waals surface area contributed by atoms with E-state index in [-0.39, 0.29) is 5.56 Å². The summed E-state index contributed by atoms with van der Waals surface area (Å²) in [5.74, 6) is -0.168. The third-order valence-corrected chi connectivity index (χ3v) is 4.13. The Morgan fingerprint density at radius 1 is 1.29 bits per heavy atom. The second kappa shape index (κ2) is 6.77. The lowest BCUT2D eigenvalue weighted by molar-refractivity contribution is -0.138. The molecule has 0 spiro atoms. The van der Waals surface area contributed by atoms with Crippen molar-refractivity contribution in [3.63, 3.8) is 0 Å². The van der Waals surface area contributed by atoms with Gasteiger partial charge in [0.05, 0.1) is 5.56 Å². The Labute approximate surface area is 122 Å². The molecule has 1 aromatic rings. The Bertz CT molecular complexity index is 466. The largest absolute Gasteiger partial charge is 0.416 e. The molecule has 1 aliphatic carbocycles. The van der Waals surface area contributed by atoms with Gasteiger partial charge in [-0.2, -0.15) is 13.2 Å². The monoisotopic (exact) mass is 303 g/mol. The van der Waals surface area contributed by atoms with Crippen LogP contribution in [0.3, 0.4) is 0 Å². The molecule has 118 valence electrons. The maximum absolute atomic E-state index is 13.5. The van der Waals surface area contributed by atoms with Crippen LogP contribution in [0.2, 0.25) is 0 Å². The molecule has 1 N–H and O–H groups in total. The lowest BCUT2D eigenvalue weighted by Crippen LogP contribution is -2.28. The number of hydrogen-bond acceptors (Lipinski definition) is 1. The van der Waals surface area contributed by atoms with Gasteiger partial charge in [0.1, 0.15) is 5.82 Å². The molecule has 0 amide bonds. The Balaban J connectivity index is 2.29. The van der Waals surface area contributed by atoms with E-state index in [4.69, 9.17) is 0 Å². The van der Waals surface area contributed by atoms with Crippen LogP contribution < -0.4 is 5.32 Å². The van der Waals surface area contributed by atoms with Crippen LogP contribution in [-0.4, -0.2) is 6.54 Å². The van der Waals surface area contributed by atoms with Crippen LogP contribution in [-0.2, 0) is 6.18 Å². The first-order valence-electron chi connectivity index (χ1n) is 7.51. The highest BCUT2D eigenvalue weighted by molar-refractivity contribution is 5.33. The molecule has 1 nitrogen and oxygen atoms in total. The predicted molar refractivity (Wildman–Crippen MR) is 74.4 cm³/mol. The number of benzene rings is 1. The molecule has 0 bridgehead atoms. The van der Waals surface area contributed by atoms with E-state index in [1.54, 1.807) is 0 Å². The summed E-state index contributed by atoms with van der Waals surface area (Å²) in [7, 11) is 0. The fourth-order valence-corrected chi connectivity index (χ4v) is 2.78. The lowest BCUT2D eigenvalue weighted by Gasteiger charge is -2.31. The van der Waals surface area contributed by atoms with Gasteiger partial charge in [-0.15, -0.1) is 0 Å². The van der Waals surface area contributed by atoms with Crippen molar-refractivity contribution < 1.29 is 17.6 Å². The Kier molecular flexibility index (Phi) is 5.25. The highest BCUT2D eigenvalue weighted by atomic mass is 19.4. The average molecular weight is 303 g/mol. The molecule has 0 heterocycles. The SMILES string of the molecule is CCCNC(CC1CCC1)c1cc(F)ccc1C(F)(F)F. The van der Waals surface area contributed by atoms with Gasteiger partial charge in [0.2, 0.25) is 0 Å². The summed E-state index contributed by atoms with van der Waals surface area (Å²) >= 11 is 0. The first-order chi connectivity index (χ1) is 9.91. The molecule has 1 unspecified atom stereocenters. The normalized spacial score (nSPS) is 17.6. The molecule has 5 heteroatoms. The molecule has 2 rings (SSSR count). The van der Waals surface area contributed by atoms with Gasteiger partial charge >= 0.3 is 6.18 Å². The van der Waals surface area contributed by atoms with Crippen molar-refractivity contribution in [3.8, 4) is 0 Å². The van der Waals surface area contributed by atoms with Gasteiger partial charge < -0.3 is 5.32 Å². The summed E-state index contributed by atoms with van der Waals surface area (Å²) in [5.41, 5.74) is -0.681. The van der Waals surface area contributed by atoms with Crippen LogP contribution in [0.4, 0.5) is 17.6 Å². The average Bonchev–Trinajstić information content (AvgIpc) is 2.35. The van der Waals surface area contributed by atoms with Gasteiger partial charge in [-0.1, -0.05) is 26.2 Å². The molecular formula is C16H21F4N. The van der Waals surface area contributed by atoms with E-state index in [0.29, 0.717) is 18.9 Å². The van der Waals surface area contributed by atoms with Crippen LogP contribution in [0.5, 0.6) is 0 Å². The zero-order valence-corrected chi connectivity index (χ0v) is 12.1. The highest BCUT2D eigenvalue weighted by Crippen LogP contribution is 2.40. The fourth-order valence-electron chi connectivity index (χ4n) is 2.78. The Morgan fingerprint density at radius 3 is 2.52 bits per heavy atom. The van der Waals surface area contributed by atoms with E-state index in [0.717, 1.165) is 43.9 Å². The minimum atomic E-state index is -4.45. The predicted octanol–water partition coefficient (Wildman–Crippen LogP) is 5.08. The molecule has 0 aromatic heterocycles. The highest BCUT2D eigenvalue weighted by Gasteiger charge is 2.36. The molecule has 0 aliphatic heterocycles. The molecule has 0 radical (unpaired) electrons.